The second kappa shape index (κ2) is 11.8. The molecule has 2 aromatic rings. The Morgan fingerprint density at radius 1 is 1.12 bits per heavy atom. The van der Waals surface area contributed by atoms with E-state index in [4.69, 9.17) is 0 Å². The molecule has 7 nitrogen and oxygen atoms in total. The molecule has 9 heteroatoms. The van der Waals surface area contributed by atoms with E-state index >= 15 is 0 Å². The average molecular weight is 480 g/mol. The van der Waals surface area contributed by atoms with Gasteiger partial charge in [0.25, 0.3) is 15.9 Å². The van der Waals surface area contributed by atoms with Crippen molar-refractivity contribution in [3.8, 4) is 5.75 Å². The summed E-state index contributed by atoms with van der Waals surface area (Å²) in [5.41, 5.74) is 0.193. The van der Waals surface area contributed by atoms with E-state index in [9.17, 15) is 18.3 Å². The lowest BCUT2D eigenvalue weighted by Crippen LogP contribution is -2.44. The average Bonchev–Trinajstić information content (AvgIpc) is 3.28. The lowest BCUT2D eigenvalue weighted by molar-refractivity contribution is 0.0948. The molecule has 0 saturated carbocycles. The molecule has 3 rings (SSSR count). The summed E-state index contributed by atoms with van der Waals surface area (Å²) in [5, 5.41) is 16.1. The SMILES string of the molecule is CCCCCCNC1CCN(S(=O)(=O)c2ccc(CNC(=O)c3ccccc3O)s2)CC1. The predicted molar refractivity (Wildman–Crippen MR) is 128 cm³/mol. The van der Waals surface area contributed by atoms with Crippen molar-refractivity contribution in [1.29, 1.82) is 0 Å². The fraction of sp³-hybridized carbons (Fsp3) is 0.522. The minimum Gasteiger partial charge on any atom is -0.507 e. The highest BCUT2D eigenvalue weighted by Crippen LogP contribution is 2.27. The van der Waals surface area contributed by atoms with Gasteiger partial charge in [0, 0.05) is 24.0 Å². The summed E-state index contributed by atoms with van der Waals surface area (Å²) in [6, 6.07) is 10.0. The van der Waals surface area contributed by atoms with E-state index in [2.05, 4.69) is 17.6 Å². The molecular formula is C23H33N3O4S2. The number of carbonyl (C=O) groups excluding carboxylic acids is 1. The topological polar surface area (TPSA) is 98.7 Å². The number of thiophene rings is 1. The molecule has 0 aliphatic carbocycles. The summed E-state index contributed by atoms with van der Waals surface area (Å²) in [6.45, 7) is 4.45. The van der Waals surface area contributed by atoms with Crippen LogP contribution in [0.25, 0.3) is 0 Å². The fourth-order valence-corrected chi connectivity index (χ4v) is 6.73. The maximum atomic E-state index is 13.0. The minimum absolute atomic E-state index is 0.0849. The van der Waals surface area contributed by atoms with Crippen molar-refractivity contribution in [3.63, 3.8) is 0 Å². The first-order valence-corrected chi connectivity index (χ1v) is 13.6. The zero-order chi connectivity index (χ0) is 23.0. The van der Waals surface area contributed by atoms with E-state index in [0.717, 1.165) is 24.3 Å². The Morgan fingerprint density at radius 3 is 2.59 bits per heavy atom. The van der Waals surface area contributed by atoms with Crippen LogP contribution in [0.2, 0.25) is 0 Å². The summed E-state index contributed by atoms with van der Waals surface area (Å²) in [5.74, 6) is -0.483. The number of nitrogens with one attached hydrogen (secondary N) is 2. The summed E-state index contributed by atoms with van der Waals surface area (Å²) in [4.78, 5) is 13.0. The van der Waals surface area contributed by atoms with Gasteiger partial charge in [0.1, 0.15) is 9.96 Å². The Bertz CT molecular complexity index is 983. The molecule has 0 unspecified atom stereocenters. The highest BCUT2D eigenvalue weighted by Gasteiger charge is 2.30. The van der Waals surface area contributed by atoms with Gasteiger partial charge in [0.05, 0.1) is 12.1 Å². The van der Waals surface area contributed by atoms with Gasteiger partial charge in [-0.2, -0.15) is 4.31 Å². The zero-order valence-electron chi connectivity index (χ0n) is 18.5. The zero-order valence-corrected chi connectivity index (χ0v) is 20.2. The summed E-state index contributed by atoms with van der Waals surface area (Å²) in [7, 11) is -3.52. The van der Waals surface area contributed by atoms with Crippen LogP contribution in [0, 0.1) is 0 Å². The number of hydrogen-bond donors (Lipinski definition) is 3. The number of aromatic hydroxyl groups is 1. The number of para-hydroxylation sites is 1. The maximum absolute atomic E-state index is 13.0. The number of benzene rings is 1. The number of hydrogen-bond acceptors (Lipinski definition) is 6. The van der Waals surface area contributed by atoms with Crippen LogP contribution in [-0.2, 0) is 16.6 Å². The highest BCUT2D eigenvalue weighted by atomic mass is 32.2. The largest absolute Gasteiger partial charge is 0.507 e. The Hall–Kier alpha value is -1.94. The quantitative estimate of drug-likeness (QED) is 0.427. The number of unbranched alkanes of at least 4 members (excludes halogenated alkanes) is 3. The maximum Gasteiger partial charge on any atom is 0.255 e. The van der Waals surface area contributed by atoms with Gasteiger partial charge < -0.3 is 15.7 Å². The molecule has 2 heterocycles. The first-order chi connectivity index (χ1) is 15.4. The number of amides is 1. The van der Waals surface area contributed by atoms with Crippen LogP contribution in [0.1, 0.15) is 60.7 Å². The van der Waals surface area contributed by atoms with Gasteiger partial charge in [-0.3, -0.25) is 4.79 Å². The van der Waals surface area contributed by atoms with E-state index in [1.807, 2.05) is 0 Å². The van der Waals surface area contributed by atoms with Gasteiger partial charge in [-0.05, 0) is 50.1 Å². The lowest BCUT2D eigenvalue weighted by Gasteiger charge is -2.31. The second-order valence-corrected chi connectivity index (χ2v) is 11.4. The molecule has 0 spiro atoms. The van der Waals surface area contributed by atoms with Crippen molar-refractivity contribution in [1.82, 2.24) is 14.9 Å². The van der Waals surface area contributed by atoms with Gasteiger partial charge in [-0.1, -0.05) is 38.3 Å². The van der Waals surface area contributed by atoms with Crippen molar-refractivity contribution in [2.24, 2.45) is 0 Å². The molecule has 0 radical (unpaired) electrons. The third-order valence-electron chi connectivity index (χ3n) is 5.72. The van der Waals surface area contributed by atoms with Crippen molar-refractivity contribution >= 4 is 27.3 Å². The molecule has 1 aliphatic heterocycles. The molecule has 1 aromatic heterocycles. The summed E-state index contributed by atoms with van der Waals surface area (Å²) in [6.07, 6.45) is 6.54. The summed E-state index contributed by atoms with van der Waals surface area (Å²) >= 11 is 1.17. The van der Waals surface area contributed by atoms with Gasteiger partial charge in [-0.15, -0.1) is 11.3 Å². The van der Waals surface area contributed by atoms with Crippen LogP contribution in [0.4, 0.5) is 0 Å². The summed E-state index contributed by atoms with van der Waals surface area (Å²) < 4.78 is 27.9. The van der Waals surface area contributed by atoms with Gasteiger partial charge in [-0.25, -0.2) is 8.42 Å². The van der Waals surface area contributed by atoms with Gasteiger partial charge >= 0.3 is 0 Å². The molecule has 1 aliphatic rings. The Morgan fingerprint density at radius 2 is 1.88 bits per heavy atom. The number of piperidine rings is 1. The Kier molecular flexibility index (Phi) is 9.10. The number of nitrogens with zero attached hydrogens (tertiary/aromatic N) is 1. The third kappa shape index (κ3) is 6.54. The van der Waals surface area contributed by atoms with E-state index in [1.54, 1.807) is 34.6 Å². The van der Waals surface area contributed by atoms with E-state index in [1.165, 1.54) is 43.1 Å². The standard InChI is InChI=1S/C23H33N3O4S2/c1-2-3-4-7-14-24-18-12-15-26(16-13-18)32(29,30)22-11-10-19(31-22)17-25-23(28)20-8-5-6-9-21(20)27/h5-6,8-11,18,24,27H,2-4,7,12-17H2,1H3,(H,25,28). The number of carbonyl (C=O) groups is 1. The van der Waals surface area contributed by atoms with Crippen molar-refractivity contribution < 1.29 is 18.3 Å². The molecule has 0 atom stereocenters. The molecular weight excluding hydrogens is 446 g/mol. The highest BCUT2D eigenvalue weighted by molar-refractivity contribution is 7.91. The molecule has 1 aromatic carbocycles. The number of phenols is 1. The van der Waals surface area contributed by atoms with Crippen molar-refractivity contribution in [3.05, 3.63) is 46.8 Å². The van der Waals surface area contributed by atoms with Crippen LogP contribution in [0.3, 0.4) is 0 Å². The molecule has 1 amide bonds. The van der Waals surface area contributed by atoms with Crippen molar-refractivity contribution in [2.45, 2.75) is 62.2 Å². The third-order valence-corrected chi connectivity index (χ3v) is 9.17. The van der Waals surface area contributed by atoms with Crippen LogP contribution >= 0.6 is 11.3 Å². The molecule has 1 saturated heterocycles. The molecule has 1 fully saturated rings. The first-order valence-electron chi connectivity index (χ1n) is 11.3. The monoisotopic (exact) mass is 479 g/mol. The van der Waals surface area contributed by atoms with Crippen LogP contribution in [-0.4, -0.2) is 49.4 Å². The lowest BCUT2D eigenvalue weighted by atomic mass is 10.1. The number of phenolic OH excluding ortho intramolecular Hbond substituents is 1. The molecule has 176 valence electrons. The smallest absolute Gasteiger partial charge is 0.255 e. The second-order valence-electron chi connectivity index (χ2n) is 8.11. The molecule has 32 heavy (non-hydrogen) atoms. The predicted octanol–water partition coefficient (Wildman–Crippen LogP) is 3.71. The van der Waals surface area contributed by atoms with E-state index in [0.29, 0.717) is 23.3 Å². The van der Waals surface area contributed by atoms with E-state index < -0.39 is 15.9 Å². The van der Waals surface area contributed by atoms with Crippen LogP contribution < -0.4 is 10.6 Å². The van der Waals surface area contributed by atoms with Crippen molar-refractivity contribution in [2.75, 3.05) is 19.6 Å². The Labute approximate surface area is 194 Å². The first kappa shape index (κ1) is 24.7. The number of sulfonamides is 1. The molecule has 3 N–H and O–H groups in total. The minimum atomic E-state index is -3.52. The van der Waals surface area contributed by atoms with E-state index in [-0.39, 0.29) is 17.9 Å². The fourth-order valence-electron chi connectivity index (χ4n) is 3.81. The van der Waals surface area contributed by atoms with Crippen LogP contribution in [0.5, 0.6) is 5.75 Å². The molecule has 0 bridgehead atoms. The van der Waals surface area contributed by atoms with Gasteiger partial charge in [0.15, 0.2) is 0 Å². The van der Waals surface area contributed by atoms with Crippen LogP contribution in [0.15, 0.2) is 40.6 Å². The number of rotatable bonds is 11. The van der Waals surface area contributed by atoms with Gasteiger partial charge in [0.2, 0.25) is 0 Å². The normalized spacial score (nSPS) is 15.7. The Balaban J connectivity index is 1.48.